The molecule has 0 aliphatic heterocycles. The lowest BCUT2D eigenvalue weighted by atomic mass is 10.2. The van der Waals surface area contributed by atoms with Crippen molar-refractivity contribution >= 4 is 30.4 Å². The normalized spacial score (nSPS) is 13.2. The zero-order chi connectivity index (χ0) is 25.9. The van der Waals surface area contributed by atoms with Crippen LogP contribution in [0, 0.1) is 5.92 Å². The van der Waals surface area contributed by atoms with Crippen LogP contribution in [0.4, 0.5) is 4.79 Å². The van der Waals surface area contributed by atoms with E-state index in [2.05, 4.69) is 44.9 Å². The van der Waals surface area contributed by atoms with Crippen LogP contribution in [0.3, 0.4) is 0 Å². The fourth-order valence-electron chi connectivity index (χ4n) is 4.54. The number of alkyl carbamates (subject to hydrolysis) is 1. The van der Waals surface area contributed by atoms with E-state index in [1.807, 2.05) is 64.1 Å². The number of benzene rings is 2. The summed E-state index contributed by atoms with van der Waals surface area (Å²) in [6.07, 6.45) is 0.671. The smallest absolute Gasteiger partial charge is 0.407 e. The summed E-state index contributed by atoms with van der Waals surface area (Å²) in [7, 11) is -1.18. The number of carbonyl (C=O) groups is 2. The van der Waals surface area contributed by atoms with Crippen LogP contribution in [0.15, 0.2) is 65.8 Å². The molecule has 0 aromatic heterocycles. The molecule has 0 aliphatic carbocycles. The molecule has 8 nitrogen and oxygen atoms in total. The van der Waals surface area contributed by atoms with Crippen molar-refractivity contribution in [3.63, 3.8) is 0 Å². The van der Waals surface area contributed by atoms with Crippen molar-refractivity contribution in [3.8, 4) is 0 Å². The number of carbonyl (C=O) groups excluding carboxylic acids is 2. The molecule has 0 unspecified atom stereocenters. The van der Waals surface area contributed by atoms with Crippen LogP contribution >= 0.6 is 0 Å². The SMILES string of the molecule is CNC(=O)[C@H](C)C[Si](c1ccccc1)(c1ccccc1)[C@H](CCCN=[N+]=[N-])NC(=O)OC(C)(C)C. The van der Waals surface area contributed by atoms with Gasteiger partial charge >= 0.3 is 6.09 Å². The van der Waals surface area contributed by atoms with Gasteiger partial charge in [-0.15, -0.1) is 0 Å². The van der Waals surface area contributed by atoms with Crippen LogP contribution in [-0.2, 0) is 9.53 Å². The molecule has 2 amide bonds. The van der Waals surface area contributed by atoms with Crippen LogP contribution in [-0.4, -0.2) is 44.9 Å². The summed E-state index contributed by atoms with van der Waals surface area (Å²) in [6, 6.07) is 20.9. The van der Waals surface area contributed by atoms with E-state index in [1.165, 1.54) is 0 Å². The third kappa shape index (κ3) is 7.87. The summed E-state index contributed by atoms with van der Waals surface area (Å²) < 4.78 is 5.65. The Morgan fingerprint density at radius 2 is 1.60 bits per heavy atom. The van der Waals surface area contributed by atoms with Gasteiger partial charge in [-0.25, -0.2) is 4.79 Å². The van der Waals surface area contributed by atoms with Gasteiger partial charge in [0.1, 0.15) is 13.7 Å². The van der Waals surface area contributed by atoms with Crippen LogP contribution < -0.4 is 21.0 Å². The van der Waals surface area contributed by atoms with Crippen molar-refractivity contribution in [2.45, 2.75) is 57.8 Å². The first-order chi connectivity index (χ1) is 16.6. The largest absolute Gasteiger partial charge is 0.444 e. The monoisotopic (exact) mass is 495 g/mol. The van der Waals surface area contributed by atoms with Gasteiger partial charge < -0.3 is 15.4 Å². The Balaban J connectivity index is 2.71. The maximum absolute atomic E-state index is 13.1. The van der Waals surface area contributed by atoms with Gasteiger partial charge in [0, 0.05) is 30.1 Å². The lowest BCUT2D eigenvalue weighted by molar-refractivity contribution is -0.123. The van der Waals surface area contributed by atoms with Crippen molar-refractivity contribution < 1.29 is 14.3 Å². The Morgan fingerprint density at radius 1 is 1.06 bits per heavy atom. The fraction of sp³-hybridized carbons (Fsp3) is 0.462. The first-order valence-corrected chi connectivity index (χ1v) is 14.3. The molecule has 0 spiro atoms. The molecule has 0 bridgehead atoms. The number of nitrogens with zero attached hydrogens (tertiary/aromatic N) is 3. The maximum Gasteiger partial charge on any atom is 0.407 e. The molecule has 2 N–H and O–H groups in total. The number of hydrogen-bond acceptors (Lipinski definition) is 4. The summed E-state index contributed by atoms with van der Waals surface area (Å²) in [6.45, 7) is 7.74. The van der Waals surface area contributed by atoms with Gasteiger partial charge in [-0.2, -0.15) is 0 Å². The van der Waals surface area contributed by atoms with Crippen molar-refractivity contribution in [1.82, 2.24) is 10.6 Å². The molecule has 2 aromatic carbocycles. The summed E-state index contributed by atoms with van der Waals surface area (Å²) in [4.78, 5) is 28.7. The van der Waals surface area contributed by atoms with Gasteiger partial charge in [-0.3, -0.25) is 4.79 Å². The number of nitrogens with one attached hydrogen (secondary N) is 2. The summed E-state index contributed by atoms with van der Waals surface area (Å²) in [5, 5.41) is 11.9. The summed E-state index contributed by atoms with van der Waals surface area (Å²) >= 11 is 0. The zero-order valence-corrected chi connectivity index (χ0v) is 22.3. The molecule has 0 saturated heterocycles. The Kier molecular flexibility index (Phi) is 10.4. The molecule has 0 radical (unpaired) electrons. The molecule has 2 atom stereocenters. The molecule has 35 heavy (non-hydrogen) atoms. The highest BCUT2D eigenvalue weighted by molar-refractivity contribution is 7.03. The molecule has 0 fully saturated rings. The predicted molar refractivity (Wildman–Crippen MR) is 142 cm³/mol. The minimum Gasteiger partial charge on any atom is -0.444 e. The third-order valence-electron chi connectivity index (χ3n) is 6.00. The van der Waals surface area contributed by atoms with Gasteiger partial charge in [0.05, 0.1) is 0 Å². The second-order valence-electron chi connectivity index (χ2n) is 9.72. The Hall–Kier alpha value is -3.29. The van der Waals surface area contributed by atoms with E-state index in [0.29, 0.717) is 25.4 Å². The van der Waals surface area contributed by atoms with Crippen molar-refractivity contribution in [3.05, 3.63) is 71.1 Å². The minimum absolute atomic E-state index is 0.0427. The van der Waals surface area contributed by atoms with E-state index in [-0.39, 0.29) is 17.5 Å². The molecule has 2 aromatic rings. The van der Waals surface area contributed by atoms with Gasteiger partial charge in [0.2, 0.25) is 5.91 Å². The summed E-state index contributed by atoms with van der Waals surface area (Å²) in [5.74, 6) is -0.328. The van der Waals surface area contributed by atoms with Crippen molar-refractivity contribution in [2.24, 2.45) is 11.0 Å². The van der Waals surface area contributed by atoms with E-state index in [1.54, 1.807) is 7.05 Å². The fourth-order valence-corrected chi connectivity index (χ4v) is 10.2. The number of ether oxygens (including phenoxy) is 1. The van der Waals surface area contributed by atoms with Gasteiger partial charge in [0.25, 0.3) is 0 Å². The minimum atomic E-state index is -2.83. The van der Waals surface area contributed by atoms with Crippen LogP contribution in [0.1, 0.15) is 40.5 Å². The molecule has 0 heterocycles. The Morgan fingerprint density at radius 3 is 2.06 bits per heavy atom. The van der Waals surface area contributed by atoms with E-state index in [4.69, 9.17) is 10.3 Å². The van der Waals surface area contributed by atoms with Crippen LogP contribution in [0.2, 0.25) is 6.04 Å². The maximum atomic E-state index is 13.1. The summed E-state index contributed by atoms with van der Waals surface area (Å²) in [5.41, 5.74) is 7.80. The van der Waals surface area contributed by atoms with Crippen LogP contribution in [0.5, 0.6) is 0 Å². The molecule has 188 valence electrons. The van der Waals surface area contributed by atoms with E-state index < -0.39 is 19.8 Å². The Bertz CT molecular complexity index is 965. The van der Waals surface area contributed by atoms with Crippen LogP contribution in [0.25, 0.3) is 10.4 Å². The number of hydrogen-bond donors (Lipinski definition) is 2. The van der Waals surface area contributed by atoms with Gasteiger partial charge in [-0.05, 0) is 45.2 Å². The molecule has 9 heteroatoms. The number of rotatable bonds is 11. The van der Waals surface area contributed by atoms with E-state index in [9.17, 15) is 9.59 Å². The predicted octanol–water partition coefficient (Wildman–Crippen LogP) is 4.15. The molecular formula is C26H37N5O3Si. The second-order valence-corrected chi connectivity index (χ2v) is 13.9. The van der Waals surface area contributed by atoms with Crippen molar-refractivity contribution in [1.29, 1.82) is 0 Å². The first kappa shape index (κ1) is 27.9. The lowest BCUT2D eigenvalue weighted by Crippen LogP contribution is -2.72. The number of azide groups is 1. The third-order valence-corrected chi connectivity index (χ3v) is 11.6. The lowest BCUT2D eigenvalue weighted by Gasteiger charge is -2.42. The molecule has 2 rings (SSSR count). The highest BCUT2D eigenvalue weighted by atomic mass is 28.3. The highest BCUT2D eigenvalue weighted by Crippen LogP contribution is 2.25. The highest BCUT2D eigenvalue weighted by Gasteiger charge is 2.47. The van der Waals surface area contributed by atoms with Crippen molar-refractivity contribution in [2.75, 3.05) is 13.6 Å². The number of amides is 2. The van der Waals surface area contributed by atoms with E-state index in [0.717, 1.165) is 10.4 Å². The average molecular weight is 496 g/mol. The quantitative estimate of drug-likeness (QED) is 0.160. The molecular weight excluding hydrogens is 458 g/mol. The average Bonchev–Trinajstić information content (AvgIpc) is 2.83. The Labute approximate surface area is 209 Å². The van der Waals surface area contributed by atoms with E-state index >= 15 is 0 Å². The molecule has 0 saturated carbocycles. The van der Waals surface area contributed by atoms with Gasteiger partial charge in [-0.1, -0.05) is 83.1 Å². The standard InChI is InChI=1S/C26H37N5O3Si/c1-20(24(32)28-5)19-35(21-13-8-6-9-14-21,22-15-10-7-11-16-22)23(17-12-18-29-31-27)30-25(33)34-26(2,3)4/h6-11,13-16,20,23H,12,17-19H2,1-5H3,(H,28,32)(H,30,33)/t20-,23-/m1/s1. The zero-order valence-electron chi connectivity index (χ0n) is 21.3. The molecule has 0 aliphatic rings. The first-order valence-electron chi connectivity index (χ1n) is 12.0. The second kappa shape index (κ2) is 13.0. The van der Waals surface area contributed by atoms with Gasteiger partial charge in [0.15, 0.2) is 0 Å². The topological polar surface area (TPSA) is 116 Å².